The molecule has 0 aliphatic rings. The van der Waals surface area contributed by atoms with Crippen molar-refractivity contribution >= 4 is 26.0 Å². The molecular formula is C12H18BrNO5S. The second kappa shape index (κ2) is 7.26. The van der Waals surface area contributed by atoms with E-state index < -0.39 is 16.1 Å². The predicted octanol–water partition coefficient (Wildman–Crippen LogP) is 1.52. The third-order valence-corrected chi connectivity index (χ3v) is 5.24. The van der Waals surface area contributed by atoms with Crippen molar-refractivity contribution in [1.29, 1.82) is 0 Å². The lowest BCUT2D eigenvalue weighted by Crippen LogP contribution is -2.37. The summed E-state index contributed by atoms with van der Waals surface area (Å²) in [4.78, 5) is 0.0297. The van der Waals surface area contributed by atoms with Crippen molar-refractivity contribution in [2.24, 2.45) is 0 Å². The number of halogens is 1. The number of aliphatic hydroxyl groups excluding tert-OH is 1. The lowest BCUT2D eigenvalue weighted by Gasteiger charge is -2.16. The molecule has 0 radical (unpaired) electrons. The van der Waals surface area contributed by atoms with Crippen LogP contribution in [0, 0.1) is 0 Å². The van der Waals surface area contributed by atoms with Crippen LogP contribution in [-0.2, 0) is 10.0 Å². The SMILES string of the molecule is CC[C@@H](CO)NS(=O)(=O)c1cc(OC)c(OC)cc1Br. The fourth-order valence-corrected chi connectivity index (χ4v) is 3.92. The summed E-state index contributed by atoms with van der Waals surface area (Å²) >= 11 is 3.20. The Morgan fingerprint density at radius 2 is 1.85 bits per heavy atom. The molecule has 8 heteroatoms. The molecule has 0 saturated heterocycles. The highest BCUT2D eigenvalue weighted by Crippen LogP contribution is 2.35. The van der Waals surface area contributed by atoms with E-state index in [0.29, 0.717) is 22.4 Å². The number of hydrogen-bond donors (Lipinski definition) is 2. The molecule has 0 unspecified atom stereocenters. The van der Waals surface area contributed by atoms with Crippen LogP contribution in [0.3, 0.4) is 0 Å². The van der Waals surface area contributed by atoms with Crippen LogP contribution in [0.5, 0.6) is 11.5 Å². The van der Waals surface area contributed by atoms with E-state index in [2.05, 4.69) is 20.7 Å². The molecule has 0 amide bonds. The highest BCUT2D eigenvalue weighted by atomic mass is 79.9. The molecule has 1 rings (SSSR count). The minimum absolute atomic E-state index is 0.0297. The molecule has 1 aromatic rings. The smallest absolute Gasteiger partial charge is 0.242 e. The van der Waals surface area contributed by atoms with Crippen LogP contribution in [-0.4, -0.2) is 40.4 Å². The minimum atomic E-state index is -3.76. The first kappa shape index (κ1) is 17.2. The van der Waals surface area contributed by atoms with Gasteiger partial charge >= 0.3 is 0 Å². The monoisotopic (exact) mass is 367 g/mol. The second-order valence-electron chi connectivity index (χ2n) is 4.05. The standard InChI is InChI=1S/C12H18BrNO5S/c1-4-8(7-15)14-20(16,17)12-6-11(19-3)10(18-2)5-9(12)13/h5-6,8,14-15H,4,7H2,1-3H3/t8-/m0/s1. The summed E-state index contributed by atoms with van der Waals surface area (Å²) in [5, 5.41) is 9.11. The van der Waals surface area contributed by atoms with E-state index in [1.807, 2.05) is 0 Å². The molecule has 2 N–H and O–H groups in total. The number of sulfonamides is 1. The molecule has 6 nitrogen and oxygen atoms in total. The van der Waals surface area contributed by atoms with E-state index in [1.54, 1.807) is 6.92 Å². The van der Waals surface area contributed by atoms with Crippen molar-refractivity contribution in [3.05, 3.63) is 16.6 Å². The summed E-state index contributed by atoms with van der Waals surface area (Å²) in [5.41, 5.74) is 0. The number of rotatable bonds is 7. The van der Waals surface area contributed by atoms with Crippen LogP contribution in [0.25, 0.3) is 0 Å². The van der Waals surface area contributed by atoms with Gasteiger partial charge in [-0.15, -0.1) is 0 Å². The minimum Gasteiger partial charge on any atom is -0.493 e. The Bertz CT molecular complexity index is 557. The van der Waals surface area contributed by atoms with Crippen molar-refractivity contribution in [3.8, 4) is 11.5 Å². The lowest BCUT2D eigenvalue weighted by atomic mass is 10.3. The van der Waals surface area contributed by atoms with Gasteiger partial charge in [0, 0.05) is 16.6 Å². The summed E-state index contributed by atoms with van der Waals surface area (Å²) < 4.78 is 37.6. The number of hydrogen-bond acceptors (Lipinski definition) is 5. The van der Waals surface area contributed by atoms with Gasteiger partial charge in [0.1, 0.15) is 4.90 Å². The first-order valence-corrected chi connectivity index (χ1v) is 8.21. The van der Waals surface area contributed by atoms with Crippen molar-refractivity contribution in [2.75, 3.05) is 20.8 Å². The van der Waals surface area contributed by atoms with Gasteiger partial charge in [0.25, 0.3) is 0 Å². The van der Waals surface area contributed by atoms with Gasteiger partial charge in [0.15, 0.2) is 11.5 Å². The highest BCUT2D eigenvalue weighted by molar-refractivity contribution is 9.10. The molecule has 114 valence electrons. The molecule has 0 aliphatic carbocycles. The average Bonchev–Trinajstić information content (AvgIpc) is 2.43. The molecule has 0 spiro atoms. The van der Waals surface area contributed by atoms with E-state index in [1.165, 1.54) is 26.4 Å². The third-order valence-electron chi connectivity index (χ3n) is 2.76. The molecule has 0 heterocycles. The summed E-state index contributed by atoms with van der Waals surface area (Å²) in [5.74, 6) is 0.737. The zero-order valence-electron chi connectivity index (χ0n) is 11.5. The number of aliphatic hydroxyl groups is 1. The van der Waals surface area contributed by atoms with E-state index in [0.717, 1.165) is 0 Å². The molecule has 0 aliphatic heterocycles. The molecule has 0 aromatic heterocycles. The van der Waals surface area contributed by atoms with Gasteiger partial charge in [0.2, 0.25) is 10.0 Å². The van der Waals surface area contributed by atoms with E-state index >= 15 is 0 Å². The van der Waals surface area contributed by atoms with Gasteiger partial charge in [-0.3, -0.25) is 0 Å². The molecule has 0 fully saturated rings. The number of methoxy groups -OCH3 is 2. The predicted molar refractivity (Wildman–Crippen MR) is 78.7 cm³/mol. The number of benzene rings is 1. The van der Waals surface area contributed by atoms with Gasteiger partial charge in [0.05, 0.1) is 20.8 Å². The average molecular weight is 368 g/mol. The van der Waals surface area contributed by atoms with Crippen LogP contribution in [0.15, 0.2) is 21.5 Å². The van der Waals surface area contributed by atoms with Crippen LogP contribution < -0.4 is 14.2 Å². The molecule has 1 aromatic carbocycles. The summed E-state index contributed by atoms with van der Waals surface area (Å²) in [7, 11) is -0.868. The van der Waals surface area contributed by atoms with Crippen molar-refractivity contribution in [2.45, 2.75) is 24.3 Å². The van der Waals surface area contributed by atoms with Gasteiger partial charge < -0.3 is 14.6 Å². The summed E-state index contributed by atoms with van der Waals surface area (Å²) in [6.07, 6.45) is 0.487. The molecule has 20 heavy (non-hydrogen) atoms. The van der Waals surface area contributed by atoms with Gasteiger partial charge in [-0.25, -0.2) is 13.1 Å². The van der Waals surface area contributed by atoms with Crippen LogP contribution in [0.4, 0.5) is 0 Å². The Balaban J connectivity index is 3.24. The second-order valence-corrected chi connectivity index (χ2v) is 6.58. The van der Waals surface area contributed by atoms with Crippen molar-refractivity contribution in [3.63, 3.8) is 0 Å². The van der Waals surface area contributed by atoms with Crippen molar-refractivity contribution in [1.82, 2.24) is 4.72 Å². The lowest BCUT2D eigenvalue weighted by molar-refractivity contribution is 0.254. The van der Waals surface area contributed by atoms with Gasteiger partial charge in [-0.05, 0) is 28.4 Å². The Morgan fingerprint density at radius 1 is 1.30 bits per heavy atom. The molecule has 0 saturated carbocycles. The zero-order chi connectivity index (χ0) is 15.3. The van der Waals surface area contributed by atoms with Gasteiger partial charge in [-0.1, -0.05) is 6.92 Å². The van der Waals surface area contributed by atoms with Gasteiger partial charge in [-0.2, -0.15) is 0 Å². The van der Waals surface area contributed by atoms with Crippen LogP contribution in [0.2, 0.25) is 0 Å². The number of ether oxygens (including phenoxy) is 2. The summed E-state index contributed by atoms with van der Waals surface area (Å²) in [6, 6.07) is 2.36. The Hall–Kier alpha value is -0.830. The van der Waals surface area contributed by atoms with E-state index in [4.69, 9.17) is 14.6 Å². The normalized spacial score (nSPS) is 13.1. The Kier molecular flexibility index (Phi) is 6.25. The third kappa shape index (κ3) is 3.85. The molecule has 0 bridgehead atoms. The Labute approximate surface area is 127 Å². The maximum absolute atomic E-state index is 12.3. The fraction of sp³-hybridized carbons (Fsp3) is 0.500. The van der Waals surface area contributed by atoms with Crippen LogP contribution >= 0.6 is 15.9 Å². The molecule has 1 atom stereocenters. The largest absolute Gasteiger partial charge is 0.493 e. The zero-order valence-corrected chi connectivity index (χ0v) is 13.9. The highest BCUT2D eigenvalue weighted by Gasteiger charge is 2.23. The first-order chi connectivity index (χ1) is 9.39. The maximum atomic E-state index is 12.3. The Morgan fingerprint density at radius 3 is 2.30 bits per heavy atom. The van der Waals surface area contributed by atoms with E-state index in [-0.39, 0.29) is 11.5 Å². The van der Waals surface area contributed by atoms with Crippen LogP contribution in [0.1, 0.15) is 13.3 Å². The molecular weight excluding hydrogens is 350 g/mol. The van der Waals surface area contributed by atoms with Crippen molar-refractivity contribution < 1.29 is 23.0 Å². The summed E-state index contributed by atoms with van der Waals surface area (Å²) in [6.45, 7) is 1.52. The van der Waals surface area contributed by atoms with E-state index in [9.17, 15) is 8.42 Å². The topological polar surface area (TPSA) is 84.9 Å². The quantitative estimate of drug-likeness (QED) is 0.762. The maximum Gasteiger partial charge on any atom is 0.242 e. The fourth-order valence-electron chi connectivity index (χ4n) is 1.57. The first-order valence-electron chi connectivity index (χ1n) is 5.94. The number of nitrogens with one attached hydrogen (secondary N) is 1.